The van der Waals surface area contributed by atoms with Gasteiger partial charge in [-0.1, -0.05) is 60.7 Å². The van der Waals surface area contributed by atoms with Gasteiger partial charge in [0.1, 0.15) is 11.2 Å². The number of ether oxygens (including phenoxy) is 1. The Morgan fingerprint density at radius 2 is 1.55 bits per heavy atom. The number of benzene rings is 3. The van der Waals surface area contributed by atoms with Gasteiger partial charge >= 0.3 is 0 Å². The van der Waals surface area contributed by atoms with Gasteiger partial charge in [0.25, 0.3) is 5.91 Å². The van der Waals surface area contributed by atoms with Gasteiger partial charge in [0.05, 0.1) is 24.4 Å². The second-order valence-electron chi connectivity index (χ2n) is 7.97. The number of nitrogens with zero attached hydrogens (tertiary/aromatic N) is 2. The standard InChI is InChI=1S/C26H22N2O3/c1-17-26(25(30)28(27-17)20-11-7-4-8-12-20)22(18-13-15-21(31-2)16-14-18)23(26)24(29)19-9-5-3-6-10-19/h3-16,22-23H,1-2H3/t22-,23+,26-/m0/s1. The number of anilines is 1. The lowest BCUT2D eigenvalue weighted by Gasteiger charge is -2.15. The van der Waals surface area contributed by atoms with Crippen molar-refractivity contribution >= 4 is 23.1 Å². The average molecular weight is 410 g/mol. The maximum atomic E-state index is 13.8. The van der Waals surface area contributed by atoms with Crippen LogP contribution in [0.1, 0.15) is 28.8 Å². The quantitative estimate of drug-likeness (QED) is 0.573. The molecule has 31 heavy (non-hydrogen) atoms. The fourth-order valence-electron chi connectivity index (χ4n) is 4.86. The highest BCUT2D eigenvalue weighted by molar-refractivity contribution is 6.27. The summed E-state index contributed by atoms with van der Waals surface area (Å²) in [5, 5.41) is 6.06. The molecule has 5 heteroatoms. The summed E-state index contributed by atoms with van der Waals surface area (Å²) in [5.41, 5.74) is 1.97. The SMILES string of the molecule is COc1ccc([C@H]2[C@H](C(=O)c3ccccc3)[C@@]23C(=O)N(c2ccccc2)N=C3C)cc1. The molecule has 1 fully saturated rings. The van der Waals surface area contributed by atoms with Gasteiger partial charge in [-0.25, -0.2) is 0 Å². The number of carbonyl (C=O) groups excluding carboxylic acids is 2. The summed E-state index contributed by atoms with van der Waals surface area (Å²) < 4.78 is 5.28. The molecule has 1 heterocycles. The number of rotatable bonds is 5. The maximum Gasteiger partial charge on any atom is 0.260 e. The van der Waals surface area contributed by atoms with Crippen LogP contribution in [0, 0.1) is 11.3 Å². The monoisotopic (exact) mass is 410 g/mol. The van der Waals surface area contributed by atoms with Gasteiger partial charge in [0.2, 0.25) is 0 Å². The third-order valence-corrected chi connectivity index (χ3v) is 6.42. The Labute approximate surface area is 181 Å². The van der Waals surface area contributed by atoms with E-state index in [1.165, 1.54) is 5.01 Å². The zero-order chi connectivity index (χ0) is 21.6. The van der Waals surface area contributed by atoms with Gasteiger partial charge in [0, 0.05) is 11.5 Å². The summed E-state index contributed by atoms with van der Waals surface area (Å²) in [6.07, 6.45) is 0. The lowest BCUT2D eigenvalue weighted by atomic mass is 9.92. The van der Waals surface area contributed by atoms with E-state index < -0.39 is 11.3 Å². The number of hydrogen-bond acceptors (Lipinski definition) is 4. The Morgan fingerprint density at radius 3 is 2.16 bits per heavy atom. The van der Waals surface area contributed by atoms with Crippen molar-refractivity contribution < 1.29 is 14.3 Å². The number of ketones is 1. The Morgan fingerprint density at radius 1 is 0.935 bits per heavy atom. The van der Waals surface area contributed by atoms with E-state index in [1.807, 2.05) is 79.7 Å². The van der Waals surface area contributed by atoms with Crippen LogP contribution in [-0.4, -0.2) is 24.5 Å². The Bertz CT molecular complexity index is 1170. The number of para-hydroxylation sites is 1. The molecule has 0 N–H and O–H groups in total. The number of carbonyl (C=O) groups is 2. The first-order valence-corrected chi connectivity index (χ1v) is 10.3. The predicted molar refractivity (Wildman–Crippen MR) is 119 cm³/mol. The molecule has 0 bridgehead atoms. The molecule has 3 atom stereocenters. The van der Waals surface area contributed by atoms with Gasteiger partial charge in [0.15, 0.2) is 5.78 Å². The lowest BCUT2D eigenvalue weighted by molar-refractivity contribution is -0.121. The van der Waals surface area contributed by atoms with Crippen LogP contribution in [0.2, 0.25) is 0 Å². The number of hydrogen-bond donors (Lipinski definition) is 0. The molecule has 0 unspecified atom stereocenters. The van der Waals surface area contributed by atoms with Crippen LogP contribution in [0.25, 0.3) is 0 Å². The number of methoxy groups -OCH3 is 1. The first-order chi connectivity index (χ1) is 15.1. The largest absolute Gasteiger partial charge is 0.497 e. The predicted octanol–water partition coefficient (Wildman–Crippen LogP) is 4.70. The maximum absolute atomic E-state index is 13.8. The molecule has 0 aromatic heterocycles. The van der Waals surface area contributed by atoms with Gasteiger partial charge in [-0.15, -0.1) is 0 Å². The van der Waals surface area contributed by atoms with Crippen molar-refractivity contribution in [3.63, 3.8) is 0 Å². The summed E-state index contributed by atoms with van der Waals surface area (Å²) in [6, 6.07) is 26.2. The third-order valence-electron chi connectivity index (χ3n) is 6.42. The fraction of sp³-hybridized carbons (Fsp3) is 0.192. The van der Waals surface area contributed by atoms with Crippen molar-refractivity contribution in [3.05, 3.63) is 96.1 Å². The highest BCUT2D eigenvalue weighted by Gasteiger charge is 2.77. The number of Topliss-reactive ketones (excluding diaryl/α,β-unsaturated/α-hetero) is 1. The molecule has 0 saturated heterocycles. The molecule has 1 aliphatic carbocycles. The lowest BCUT2D eigenvalue weighted by Crippen LogP contribution is -2.32. The second-order valence-corrected chi connectivity index (χ2v) is 7.97. The molecule has 5 rings (SSSR count). The number of amides is 1. The summed E-state index contributed by atoms with van der Waals surface area (Å²) in [4.78, 5) is 27.3. The molecule has 0 radical (unpaired) electrons. The Hall–Kier alpha value is -3.73. The van der Waals surface area contributed by atoms with E-state index in [0.29, 0.717) is 17.0 Å². The fourth-order valence-corrected chi connectivity index (χ4v) is 4.86. The molecular weight excluding hydrogens is 388 g/mol. The van der Waals surface area contributed by atoms with Gasteiger partial charge in [-0.3, -0.25) is 9.59 Å². The van der Waals surface area contributed by atoms with Crippen molar-refractivity contribution in [3.8, 4) is 5.75 Å². The summed E-state index contributed by atoms with van der Waals surface area (Å²) >= 11 is 0. The van der Waals surface area contributed by atoms with Crippen LogP contribution in [0.3, 0.4) is 0 Å². The van der Waals surface area contributed by atoms with E-state index in [2.05, 4.69) is 5.10 Å². The summed E-state index contributed by atoms with van der Waals surface area (Å²) in [5.74, 6) is -0.201. The van der Waals surface area contributed by atoms with Gasteiger partial charge in [-0.2, -0.15) is 10.1 Å². The average Bonchev–Trinajstić information content (AvgIpc) is 3.47. The van der Waals surface area contributed by atoms with E-state index in [4.69, 9.17) is 4.74 Å². The van der Waals surface area contributed by atoms with E-state index in [-0.39, 0.29) is 17.6 Å². The minimum atomic E-state index is -0.961. The van der Waals surface area contributed by atoms with Crippen molar-refractivity contribution in [2.24, 2.45) is 16.4 Å². The van der Waals surface area contributed by atoms with Crippen LogP contribution < -0.4 is 9.75 Å². The Kier molecular flexibility index (Phi) is 4.47. The van der Waals surface area contributed by atoms with Crippen LogP contribution in [-0.2, 0) is 4.79 Å². The molecule has 1 amide bonds. The van der Waals surface area contributed by atoms with E-state index in [0.717, 1.165) is 11.3 Å². The third kappa shape index (κ3) is 2.81. The zero-order valence-corrected chi connectivity index (χ0v) is 17.4. The van der Waals surface area contributed by atoms with Crippen LogP contribution in [0.4, 0.5) is 5.69 Å². The first kappa shape index (κ1) is 19.2. The molecule has 154 valence electrons. The molecule has 1 spiro atoms. The van der Waals surface area contributed by atoms with E-state index in [9.17, 15) is 9.59 Å². The molecule has 1 saturated carbocycles. The molecule has 3 aromatic carbocycles. The van der Waals surface area contributed by atoms with Crippen molar-refractivity contribution in [1.82, 2.24) is 0 Å². The molecule has 2 aliphatic rings. The van der Waals surface area contributed by atoms with E-state index in [1.54, 1.807) is 19.2 Å². The van der Waals surface area contributed by atoms with Crippen LogP contribution in [0.15, 0.2) is 90.0 Å². The van der Waals surface area contributed by atoms with Crippen molar-refractivity contribution in [2.75, 3.05) is 12.1 Å². The molecular formula is C26H22N2O3. The summed E-state index contributed by atoms with van der Waals surface area (Å²) in [6.45, 7) is 1.86. The molecule has 3 aromatic rings. The van der Waals surface area contributed by atoms with Gasteiger partial charge in [-0.05, 0) is 36.8 Å². The second kappa shape index (κ2) is 7.20. The minimum absolute atomic E-state index is 0.0285. The highest BCUT2D eigenvalue weighted by Crippen LogP contribution is 2.69. The van der Waals surface area contributed by atoms with Crippen LogP contribution in [0.5, 0.6) is 5.75 Å². The topological polar surface area (TPSA) is 59.0 Å². The molecule has 1 aliphatic heterocycles. The normalized spacial score (nSPS) is 24.3. The minimum Gasteiger partial charge on any atom is -0.497 e. The van der Waals surface area contributed by atoms with Crippen molar-refractivity contribution in [2.45, 2.75) is 12.8 Å². The Balaban J connectivity index is 1.59. The summed E-state index contributed by atoms with van der Waals surface area (Å²) in [7, 11) is 1.62. The van der Waals surface area contributed by atoms with E-state index >= 15 is 0 Å². The van der Waals surface area contributed by atoms with Gasteiger partial charge < -0.3 is 4.74 Å². The highest BCUT2D eigenvalue weighted by atomic mass is 16.5. The smallest absolute Gasteiger partial charge is 0.260 e. The van der Waals surface area contributed by atoms with Crippen molar-refractivity contribution in [1.29, 1.82) is 0 Å². The zero-order valence-electron chi connectivity index (χ0n) is 17.4. The van der Waals surface area contributed by atoms with Crippen LogP contribution >= 0.6 is 0 Å². The first-order valence-electron chi connectivity index (χ1n) is 10.3. The number of hydrazone groups is 1. The molecule has 5 nitrogen and oxygen atoms in total.